The molecule has 5 nitrogen and oxygen atoms in total. The van der Waals surface area contributed by atoms with Crippen LogP contribution in [-0.4, -0.2) is 23.0 Å². The minimum absolute atomic E-state index is 0.115. The lowest BCUT2D eigenvalue weighted by molar-refractivity contribution is -0.118. The molecule has 1 amide bonds. The average molecular weight is 347 g/mol. The Hall–Kier alpha value is -3.21. The van der Waals surface area contributed by atoms with Crippen molar-refractivity contribution >= 4 is 11.9 Å². The molecule has 0 spiro atoms. The van der Waals surface area contributed by atoms with Crippen LogP contribution in [0.5, 0.6) is 5.75 Å². The number of hydrogen-bond donors (Lipinski definition) is 1. The first kappa shape index (κ1) is 17.6. The largest absolute Gasteiger partial charge is 0.497 e. The first-order valence-electron chi connectivity index (χ1n) is 8.46. The van der Waals surface area contributed by atoms with Crippen LogP contribution in [0.15, 0.2) is 60.7 Å². The molecular weight excluding hydrogens is 326 g/mol. The summed E-state index contributed by atoms with van der Waals surface area (Å²) < 4.78 is 5.21. The Kier molecular flexibility index (Phi) is 5.27. The van der Waals surface area contributed by atoms with E-state index in [1.807, 2.05) is 74.5 Å². The lowest BCUT2D eigenvalue weighted by Crippen LogP contribution is -2.19. The molecule has 0 atom stereocenters. The quantitative estimate of drug-likeness (QED) is 0.742. The molecule has 1 heterocycles. The molecule has 0 saturated heterocycles. The summed E-state index contributed by atoms with van der Waals surface area (Å²) >= 11 is 0. The first-order valence-corrected chi connectivity index (χ1v) is 8.46. The van der Waals surface area contributed by atoms with Gasteiger partial charge in [-0.3, -0.25) is 10.1 Å². The van der Waals surface area contributed by atoms with Crippen molar-refractivity contribution < 1.29 is 9.53 Å². The second-order valence-electron chi connectivity index (χ2n) is 6.20. The van der Waals surface area contributed by atoms with Crippen LogP contribution in [0.2, 0.25) is 0 Å². The highest BCUT2D eigenvalue weighted by Crippen LogP contribution is 2.26. The van der Waals surface area contributed by atoms with E-state index < -0.39 is 0 Å². The number of amides is 1. The van der Waals surface area contributed by atoms with Crippen molar-refractivity contribution in [1.82, 2.24) is 9.97 Å². The fourth-order valence-corrected chi connectivity index (χ4v) is 2.42. The van der Waals surface area contributed by atoms with Gasteiger partial charge in [0.15, 0.2) is 0 Å². The fourth-order valence-electron chi connectivity index (χ4n) is 2.42. The molecule has 0 saturated carbocycles. The van der Waals surface area contributed by atoms with Crippen LogP contribution in [0.3, 0.4) is 0 Å². The number of anilines is 1. The summed E-state index contributed by atoms with van der Waals surface area (Å²) in [6.07, 6.45) is 0. The maximum Gasteiger partial charge on any atom is 0.230 e. The van der Waals surface area contributed by atoms with Crippen molar-refractivity contribution in [3.05, 3.63) is 60.7 Å². The van der Waals surface area contributed by atoms with Crippen molar-refractivity contribution in [2.24, 2.45) is 5.92 Å². The zero-order chi connectivity index (χ0) is 18.5. The number of benzene rings is 2. The van der Waals surface area contributed by atoms with Gasteiger partial charge in [0, 0.05) is 17.0 Å². The van der Waals surface area contributed by atoms with Gasteiger partial charge in [0.05, 0.1) is 18.5 Å². The van der Waals surface area contributed by atoms with Crippen LogP contribution in [0.25, 0.3) is 22.5 Å². The Bertz CT molecular complexity index is 891. The van der Waals surface area contributed by atoms with Gasteiger partial charge >= 0.3 is 0 Å². The Morgan fingerprint density at radius 1 is 0.923 bits per heavy atom. The number of ether oxygens (including phenoxy) is 1. The van der Waals surface area contributed by atoms with Gasteiger partial charge in [0.25, 0.3) is 0 Å². The van der Waals surface area contributed by atoms with Crippen molar-refractivity contribution in [2.75, 3.05) is 12.4 Å². The van der Waals surface area contributed by atoms with Gasteiger partial charge in [-0.25, -0.2) is 9.97 Å². The second kappa shape index (κ2) is 7.78. The molecule has 0 aliphatic rings. The van der Waals surface area contributed by atoms with E-state index in [1.54, 1.807) is 7.11 Å². The van der Waals surface area contributed by atoms with Crippen LogP contribution in [0.1, 0.15) is 13.8 Å². The molecule has 2 aromatic carbocycles. The highest BCUT2D eigenvalue weighted by atomic mass is 16.5. The smallest absolute Gasteiger partial charge is 0.230 e. The van der Waals surface area contributed by atoms with E-state index in [0.717, 1.165) is 28.3 Å². The molecule has 0 aliphatic heterocycles. The van der Waals surface area contributed by atoms with Gasteiger partial charge in [-0.15, -0.1) is 0 Å². The number of carbonyl (C=O) groups is 1. The number of nitrogens with one attached hydrogen (secondary N) is 1. The summed E-state index contributed by atoms with van der Waals surface area (Å²) in [5.41, 5.74) is 3.38. The standard InChI is InChI=1S/C21H21N3O2/c1-14(2)20(25)24-21-22-18(15-7-5-4-6-8-15)13-19(23-21)16-9-11-17(26-3)12-10-16/h4-14H,1-3H3,(H,22,23,24,25). The SMILES string of the molecule is COc1ccc(-c2cc(-c3ccccc3)nc(NC(=O)C(C)C)n2)cc1. The summed E-state index contributed by atoms with van der Waals surface area (Å²) in [4.78, 5) is 21.1. The monoisotopic (exact) mass is 347 g/mol. The van der Waals surface area contributed by atoms with Crippen molar-refractivity contribution in [3.63, 3.8) is 0 Å². The molecule has 1 N–H and O–H groups in total. The number of aromatic nitrogens is 2. The van der Waals surface area contributed by atoms with Gasteiger partial charge in [-0.05, 0) is 30.3 Å². The average Bonchev–Trinajstić information content (AvgIpc) is 2.68. The third-order valence-electron chi connectivity index (χ3n) is 3.94. The van der Waals surface area contributed by atoms with E-state index >= 15 is 0 Å². The summed E-state index contributed by atoms with van der Waals surface area (Å²) in [5.74, 6) is 0.814. The Morgan fingerprint density at radius 3 is 2.04 bits per heavy atom. The van der Waals surface area contributed by atoms with E-state index in [1.165, 1.54) is 0 Å². The molecule has 1 aromatic heterocycles. The lowest BCUT2D eigenvalue weighted by atomic mass is 10.1. The van der Waals surface area contributed by atoms with Gasteiger partial charge < -0.3 is 4.74 Å². The predicted octanol–water partition coefficient (Wildman–Crippen LogP) is 4.41. The van der Waals surface area contributed by atoms with Crippen LogP contribution < -0.4 is 10.1 Å². The number of carbonyl (C=O) groups excluding carboxylic acids is 1. The second-order valence-corrected chi connectivity index (χ2v) is 6.20. The minimum Gasteiger partial charge on any atom is -0.497 e. The predicted molar refractivity (Wildman–Crippen MR) is 103 cm³/mol. The Balaban J connectivity index is 2.05. The summed E-state index contributed by atoms with van der Waals surface area (Å²) in [6, 6.07) is 19.4. The van der Waals surface area contributed by atoms with Crippen LogP contribution in [0.4, 0.5) is 5.95 Å². The molecule has 0 unspecified atom stereocenters. The van der Waals surface area contributed by atoms with E-state index in [0.29, 0.717) is 5.95 Å². The normalized spacial score (nSPS) is 10.6. The van der Waals surface area contributed by atoms with Crippen molar-refractivity contribution in [1.29, 1.82) is 0 Å². The molecule has 3 aromatic rings. The Morgan fingerprint density at radius 2 is 1.50 bits per heavy atom. The molecule has 3 rings (SSSR count). The van der Waals surface area contributed by atoms with Gasteiger partial charge in [-0.1, -0.05) is 44.2 Å². The van der Waals surface area contributed by atoms with Gasteiger partial charge in [-0.2, -0.15) is 0 Å². The van der Waals surface area contributed by atoms with Crippen LogP contribution in [-0.2, 0) is 4.79 Å². The molecular formula is C21H21N3O2. The van der Waals surface area contributed by atoms with E-state index in [4.69, 9.17) is 4.74 Å². The van der Waals surface area contributed by atoms with Crippen molar-refractivity contribution in [3.8, 4) is 28.3 Å². The summed E-state index contributed by atoms with van der Waals surface area (Å²) in [5, 5.41) is 2.80. The van der Waals surface area contributed by atoms with Crippen LogP contribution in [0, 0.1) is 5.92 Å². The van der Waals surface area contributed by atoms with E-state index in [-0.39, 0.29) is 11.8 Å². The molecule has 0 aliphatic carbocycles. The summed E-state index contributed by atoms with van der Waals surface area (Å²) in [7, 11) is 1.63. The highest BCUT2D eigenvalue weighted by molar-refractivity contribution is 5.91. The molecule has 0 bridgehead atoms. The highest BCUT2D eigenvalue weighted by Gasteiger charge is 2.13. The Labute approximate surface area is 153 Å². The molecule has 0 fully saturated rings. The zero-order valence-electron chi connectivity index (χ0n) is 15.1. The molecule has 0 radical (unpaired) electrons. The maximum absolute atomic E-state index is 12.1. The third kappa shape index (κ3) is 4.06. The number of nitrogens with zero attached hydrogens (tertiary/aromatic N) is 2. The molecule has 132 valence electrons. The third-order valence-corrected chi connectivity index (χ3v) is 3.94. The van der Waals surface area contributed by atoms with Crippen LogP contribution >= 0.6 is 0 Å². The van der Waals surface area contributed by atoms with Gasteiger partial charge in [0.2, 0.25) is 11.9 Å². The minimum atomic E-state index is -0.150. The maximum atomic E-state index is 12.1. The van der Waals surface area contributed by atoms with Crippen molar-refractivity contribution in [2.45, 2.75) is 13.8 Å². The summed E-state index contributed by atoms with van der Waals surface area (Å²) in [6.45, 7) is 3.67. The molecule has 26 heavy (non-hydrogen) atoms. The zero-order valence-corrected chi connectivity index (χ0v) is 15.1. The van der Waals surface area contributed by atoms with E-state index in [2.05, 4.69) is 15.3 Å². The van der Waals surface area contributed by atoms with E-state index in [9.17, 15) is 4.79 Å². The molecule has 5 heteroatoms. The number of rotatable bonds is 5. The first-order chi connectivity index (χ1) is 12.6. The number of hydrogen-bond acceptors (Lipinski definition) is 4. The lowest BCUT2D eigenvalue weighted by Gasteiger charge is -2.11. The fraction of sp³-hybridized carbons (Fsp3) is 0.190. The van der Waals surface area contributed by atoms with Gasteiger partial charge in [0.1, 0.15) is 5.75 Å². The number of methoxy groups -OCH3 is 1. The topological polar surface area (TPSA) is 64.1 Å².